The van der Waals surface area contributed by atoms with Gasteiger partial charge in [0.05, 0.1) is 13.7 Å². The molecule has 1 aromatic carbocycles. The van der Waals surface area contributed by atoms with Crippen molar-refractivity contribution in [2.45, 2.75) is 19.9 Å². The molecular weight excluding hydrogens is 360 g/mol. The number of carbonyl (C=O) groups excluding carboxylic acids is 1. The lowest BCUT2D eigenvalue weighted by molar-refractivity contribution is 0.0949. The van der Waals surface area contributed by atoms with Crippen molar-refractivity contribution in [3.63, 3.8) is 0 Å². The predicted octanol–water partition coefficient (Wildman–Crippen LogP) is 2.28. The normalized spacial score (nSPS) is 10.9. The van der Waals surface area contributed by atoms with Gasteiger partial charge in [0.15, 0.2) is 17.3 Å². The summed E-state index contributed by atoms with van der Waals surface area (Å²) in [7, 11) is 1.58. The van der Waals surface area contributed by atoms with Crippen molar-refractivity contribution in [1.82, 2.24) is 30.1 Å². The second-order valence-corrected chi connectivity index (χ2v) is 6.04. The van der Waals surface area contributed by atoms with Crippen LogP contribution < -0.4 is 10.1 Å². The van der Waals surface area contributed by atoms with Gasteiger partial charge in [-0.25, -0.2) is 0 Å². The number of aromatic nitrogens is 5. The highest BCUT2D eigenvalue weighted by atomic mass is 16.5. The highest BCUT2D eigenvalue weighted by Gasteiger charge is 2.13. The van der Waals surface area contributed by atoms with Gasteiger partial charge in [0.1, 0.15) is 5.75 Å². The Morgan fingerprint density at radius 2 is 2.04 bits per heavy atom. The molecule has 28 heavy (non-hydrogen) atoms. The SMILES string of the molecule is CCc1noc(-c2ccn3c(CNC(=O)c4ccc(OC)cc4)nnc3c2)n1. The van der Waals surface area contributed by atoms with E-state index in [-0.39, 0.29) is 12.5 Å². The zero-order valence-corrected chi connectivity index (χ0v) is 15.4. The third kappa shape index (κ3) is 3.41. The molecule has 0 unspecified atom stereocenters. The van der Waals surface area contributed by atoms with Crippen molar-refractivity contribution in [3.05, 3.63) is 59.8 Å². The highest BCUT2D eigenvalue weighted by Crippen LogP contribution is 2.19. The first-order valence-electron chi connectivity index (χ1n) is 8.77. The Hall–Kier alpha value is -3.75. The highest BCUT2D eigenvalue weighted by molar-refractivity contribution is 5.94. The predicted molar refractivity (Wildman–Crippen MR) is 99.8 cm³/mol. The van der Waals surface area contributed by atoms with Crippen LogP contribution in [0.4, 0.5) is 0 Å². The van der Waals surface area contributed by atoms with Gasteiger partial charge >= 0.3 is 0 Å². The van der Waals surface area contributed by atoms with Crippen LogP contribution in [-0.2, 0) is 13.0 Å². The molecule has 1 N–H and O–H groups in total. The van der Waals surface area contributed by atoms with Crippen LogP contribution in [0, 0.1) is 0 Å². The van der Waals surface area contributed by atoms with Gasteiger partial charge in [-0.3, -0.25) is 9.20 Å². The zero-order valence-electron chi connectivity index (χ0n) is 15.4. The van der Waals surface area contributed by atoms with Crippen LogP contribution in [0.5, 0.6) is 5.75 Å². The molecule has 0 aliphatic heterocycles. The molecule has 4 aromatic rings. The number of benzene rings is 1. The first-order valence-corrected chi connectivity index (χ1v) is 8.77. The molecule has 3 heterocycles. The monoisotopic (exact) mass is 378 g/mol. The summed E-state index contributed by atoms with van der Waals surface area (Å²) < 4.78 is 12.2. The van der Waals surface area contributed by atoms with Crippen molar-refractivity contribution >= 4 is 11.6 Å². The van der Waals surface area contributed by atoms with E-state index in [0.29, 0.717) is 40.9 Å². The Labute approximate surface area is 160 Å². The second kappa shape index (κ2) is 7.47. The average Bonchev–Trinajstić information content (AvgIpc) is 3.38. The fourth-order valence-electron chi connectivity index (χ4n) is 2.71. The molecule has 9 nitrogen and oxygen atoms in total. The standard InChI is InChI=1S/C19H18N6O3/c1-3-15-21-19(28-24-15)13-8-9-25-16(10-13)22-23-17(25)11-20-18(26)12-4-6-14(27-2)7-5-12/h4-10H,3,11H2,1-2H3,(H,20,26). The molecule has 0 saturated heterocycles. The number of rotatable bonds is 6. The summed E-state index contributed by atoms with van der Waals surface area (Å²) in [6.45, 7) is 2.20. The summed E-state index contributed by atoms with van der Waals surface area (Å²) in [6.07, 6.45) is 2.52. The number of ether oxygens (including phenoxy) is 1. The van der Waals surface area contributed by atoms with E-state index in [1.807, 2.05) is 25.3 Å². The number of hydrogen-bond acceptors (Lipinski definition) is 7. The number of fused-ring (bicyclic) bond motifs is 1. The van der Waals surface area contributed by atoms with Gasteiger partial charge in [-0.1, -0.05) is 12.1 Å². The van der Waals surface area contributed by atoms with Crippen molar-refractivity contribution in [1.29, 1.82) is 0 Å². The fourth-order valence-corrected chi connectivity index (χ4v) is 2.71. The van der Waals surface area contributed by atoms with Crippen LogP contribution in [0.25, 0.3) is 17.1 Å². The number of amides is 1. The van der Waals surface area contributed by atoms with Crippen LogP contribution >= 0.6 is 0 Å². The first-order chi connectivity index (χ1) is 13.7. The summed E-state index contributed by atoms with van der Waals surface area (Å²) in [5, 5.41) is 15.1. The topological polar surface area (TPSA) is 107 Å². The van der Waals surface area contributed by atoms with E-state index in [1.165, 1.54) is 0 Å². The molecule has 1 amide bonds. The third-order valence-corrected chi connectivity index (χ3v) is 4.27. The molecular formula is C19H18N6O3. The van der Waals surface area contributed by atoms with Gasteiger partial charge in [0.25, 0.3) is 11.8 Å². The quantitative estimate of drug-likeness (QED) is 0.548. The smallest absolute Gasteiger partial charge is 0.258 e. The minimum Gasteiger partial charge on any atom is -0.497 e. The maximum atomic E-state index is 12.3. The van der Waals surface area contributed by atoms with Gasteiger partial charge in [-0.15, -0.1) is 10.2 Å². The summed E-state index contributed by atoms with van der Waals surface area (Å²) in [6, 6.07) is 10.6. The van der Waals surface area contributed by atoms with Crippen LogP contribution in [0.1, 0.15) is 28.9 Å². The number of nitrogens with one attached hydrogen (secondary N) is 1. The van der Waals surface area contributed by atoms with Crippen molar-refractivity contribution in [3.8, 4) is 17.2 Å². The number of nitrogens with zero attached hydrogens (tertiary/aromatic N) is 5. The van der Waals surface area contributed by atoms with Crippen LogP contribution in [0.15, 0.2) is 47.1 Å². The minimum absolute atomic E-state index is 0.200. The zero-order chi connectivity index (χ0) is 19.5. The molecule has 3 aromatic heterocycles. The summed E-state index contributed by atoms with van der Waals surface area (Å²) in [5.41, 5.74) is 1.93. The molecule has 0 fully saturated rings. The molecule has 4 rings (SSSR count). The second-order valence-electron chi connectivity index (χ2n) is 6.04. The summed E-state index contributed by atoms with van der Waals surface area (Å²) in [4.78, 5) is 16.6. The Morgan fingerprint density at radius 1 is 1.21 bits per heavy atom. The van der Waals surface area contributed by atoms with Crippen molar-refractivity contribution in [2.24, 2.45) is 0 Å². The van der Waals surface area contributed by atoms with Crippen LogP contribution in [0.2, 0.25) is 0 Å². The molecule has 9 heteroatoms. The van der Waals surface area contributed by atoms with E-state index in [4.69, 9.17) is 9.26 Å². The van der Waals surface area contributed by atoms with Gasteiger partial charge in [-0.2, -0.15) is 4.98 Å². The fraction of sp³-hybridized carbons (Fsp3) is 0.211. The molecule has 0 saturated carbocycles. The van der Waals surface area contributed by atoms with Gasteiger partial charge in [0, 0.05) is 23.7 Å². The minimum atomic E-state index is -0.200. The van der Waals surface area contributed by atoms with Crippen LogP contribution in [0.3, 0.4) is 0 Å². The average molecular weight is 378 g/mol. The van der Waals surface area contributed by atoms with Crippen LogP contribution in [-0.4, -0.2) is 37.8 Å². The largest absolute Gasteiger partial charge is 0.497 e. The van der Waals surface area contributed by atoms with Crippen molar-refractivity contribution in [2.75, 3.05) is 7.11 Å². The van der Waals surface area contributed by atoms with Gasteiger partial charge in [0.2, 0.25) is 0 Å². The molecule has 0 radical (unpaired) electrons. The molecule has 0 atom stereocenters. The van der Waals surface area contributed by atoms with E-state index in [1.54, 1.807) is 35.8 Å². The van der Waals surface area contributed by atoms with E-state index in [2.05, 4.69) is 25.7 Å². The summed E-state index contributed by atoms with van der Waals surface area (Å²) >= 11 is 0. The first kappa shape index (κ1) is 17.7. The lowest BCUT2D eigenvalue weighted by Gasteiger charge is -2.05. The molecule has 0 aliphatic rings. The Balaban J connectivity index is 1.49. The van der Waals surface area contributed by atoms with E-state index >= 15 is 0 Å². The Morgan fingerprint density at radius 3 is 2.75 bits per heavy atom. The number of pyridine rings is 1. The lowest BCUT2D eigenvalue weighted by Crippen LogP contribution is -2.23. The molecule has 0 aliphatic carbocycles. The van der Waals surface area contributed by atoms with Crippen molar-refractivity contribution < 1.29 is 14.1 Å². The lowest BCUT2D eigenvalue weighted by atomic mass is 10.2. The van der Waals surface area contributed by atoms with E-state index in [0.717, 1.165) is 5.56 Å². The van der Waals surface area contributed by atoms with Gasteiger partial charge in [-0.05, 0) is 36.4 Å². The number of hydrogen-bond donors (Lipinski definition) is 1. The number of carbonyl (C=O) groups is 1. The maximum Gasteiger partial charge on any atom is 0.258 e. The van der Waals surface area contributed by atoms with E-state index in [9.17, 15) is 4.79 Å². The Kier molecular flexibility index (Phi) is 4.71. The number of aryl methyl sites for hydroxylation is 1. The molecule has 0 spiro atoms. The Bertz CT molecular complexity index is 1120. The third-order valence-electron chi connectivity index (χ3n) is 4.27. The number of methoxy groups -OCH3 is 1. The molecule has 0 bridgehead atoms. The molecule has 142 valence electrons. The van der Waals surface area contributed by atoms with Gasteiger partial charge < -0.3 is 14.6 Å². The maximum absolute atomic E-state index is 12.3. The van der Waals surface area contributed by atoms with E-state index < -0.39 is 0 Å². The summed E-state index contributed by atoms with van der Waals surface area (Å²) in [5.74, 6) is 2.20.